The first-order valence-electron chi connectivity index (χ1n) is 8.29. The molecular formula is C18H26O4S. The molecule has 1 saturated carbocycles. The Morgan fingerprint density at radius 3 is 2.70 bits per heavy atom. The topological polar surface area (TPSA) is 52.6 Å². The molecule has 128 valence electrons. The van der Waals surface area contributed by atoms with Crippen LogP contribution in [0.4, 0.5) is 0 Å². The van der Waals surface area contributed by atoms with Gasteiger partial charge in [0.1, 0.15) is 11.0 Å². The Balaban J connectivity index is 1.85. The maximum Gasteiger partial charge on any atom is 0.349 e. The summed E-state index contributed by atoms with van der Waals surface area (Å²) in [5.41, 5.74) is 0.870. The first-order valence-corrected chi connectivity index (χ1v) is 9.17. The second-order valence-corrected chi connectivity index (χ2v) is 7.78. The lowest BCUT2D eigenvalue weighted by molar-refractivity contribution is -0.159. The number of aryl methyl sites for hydroxylation is 1. The SMILES string of the molecule is Cc1ccsc1C(=O)OCC(=O)O[C@H]1C[C@@H](C)CC[C@H]1C(C)C. The molecule has 0 saturated heterocycles. The highest BCUT2D eigenvalue weighted by Crippen LogP contribution is 2.35. The summed E-state index contributed by atoms with van der Waals surface area (Å²) in [6, 6.07) is 1.86. The van der Waals surface area contributed by atoms with E-state index < -0.39 is 11.9 Å². The Bertz CT molecular complexity index is 549. The summed E-state index contributed by atoms with van der Waals surface area (Å²) in [5.74, 6) is 0.547. The van der Waals surface area contributed by atoms with Gasteiger partial charge in [0.2, 0.25) is 0 Å². The third kappa shape index (κ3) is 4.80. The maximum absolute atomic E-state index is 12.0. The lowest BCUT2D eigenvalue weighted by atomic mass is 9.75. The summed E-state index contributed by atoms with van der Waals surface area (Å²) in [7, 11) is 0. The Kier molecular flexibility index (Phi) is 6.22. The van der Waals surface area contributed by atoms with Gasteiger partial charge in [-0.3, -0.25) is 0 Å². The fourth-order valence-electron chi connectivity index (χ4n) is 3.22. The third-order valence-electron chi connectivity index (χ3n) is 4.61. The molecule has 1 heterocycles. The molecule has 0 amide bonds. The lowest BCUT2D eigenvalue weighted by Crippen LogP contribution is -2.36. The van der Waals surface area contributed by atoms with E-state index in [1.807, 2.05) is 18.4 Å². The van der Waals surface area contributed by atoms with E-state index in [1.165, 1.54) is 17.8 Å². The zero-order valence-corrected chi connectivity index (χ0v) is 15.2. The average Bonchev–Trinajstić information content (AvgIpc) is 2.90. The number of rotatable bonds is 5. The quantitative estimate of drug-likeness (QED) is 0.754. The highest BCUT2D eigenvalue weighted by atomic mass is 32.1. The van der Waals surface area contributed by atoms with E-state index in [9.17, 15) is 9.59 Å². The second kappa shape index (κ2) is 7.95. The highest BCUT2D eigenvalue weighted by Gasteiger charge is 2.33. The van der Waals surface area contributed by atoms with Crippen molar-refractivity contribution >= 4 is 23.3 Å². The summed E-state index contributed by atoms with van der Waals surface area (Å²) in [6.45, 7) is 8.06. The number of thiophene rings is 1. The van der Waals surface area contributed by atoms with Crippen LogP contribution in [-0.4, -0.2) is 24.6 Å². The van der Waals surface area contributed by atoms with Gasteiger partial charge in [0.05, 0.1) is 0 Å². The van der Waals surface area contributed by atoms with Crippen molar-refractivity contribution in [3.8, 4) is 0 Å². The molecule has 1 aliphatic rings. The van der Waals surface area contributed by atoms with Crippen molar-refractivity contribution in [3.63, 3.8) is 0 Å². The molecule has 2 rings (SSSR count). The van der Waals surface area contributed by atoms with E-state index in [0.717, 1.165) is 18.4 Å². The van der Waals surface area contributed by atoms with Crippen LogP contribution in [0.3, 0.4) is 0 Å². The summed E-state index contributed by atoms with van der Waals surface area (Å²) in [6.07, 6.45) is 3.11. The van der Waals surface area contributed by atoms with Crippen molar-refractivity contribution in [1.29, 1.82) is 0 Å². The lowest BCUT2D eigenvalue weighted by Gasteiger charge is -2.36. The smallest absolute Gasteiger partial charge is 0.349 e. The molecule has 1 aliphatic carbocycles. The van der Waals surface area contributed by atoms with Crippen LogP contribution >= 0.6 is 11.3 Å². The normalized spacial score (nSPS) is 24.5. The van der Waals surface area contributed by atoms with Crippen molar-refractivity contribution in [1.82, 2.24) is 0 Å². The Morgan fingerprint density at radius 2 is 2.09 bits per heavy atom. The molecular weight excluding hydrogens is 312 g/mol. The Hall–Kier alpha value is -1.36. The van der Waals surface area contributed by atoms with E-state index in [4.69, 9.17) is 9.47 Å². The van der Waals surface area contributed by atoms with Gasteiger partial charge in [-0.05, 0) is 54.5 Å². The minimum absolute atomic E-state index is 0.0616. The monoisotopic (exact) mass is 338 g/mol. The van der Waals surface area contributed by atoms with Crippen LogP contribution < -0.4 is 0 Å². The van der Waals surface area contributed by atoms with Gasteiger partial charge in [0.15, 0.2) is 6.61 Å². The van der Waals surface area contributed by atoms with Crippen molar-refractivity contribution < 1.29 is 19.1 Å². The van der Waals surface area contributed by atoms with Crippen LogP contribution in [-0.2, 0) is 14.3 Å². The molecule has 1 aromatic heterocycles. The minimum Gasteiger partial charge on any atom is -0.460 e. The molecule has 1 fully saturated rings. The molecule has 0 spiro atoms. The summed E-state index contributed by atoms with van der Waals surface area (Å²) in [5, 5.41) is 1.83. The first kappa shape index (κ1) is 18.0. The molecule has 23 heavy (non-hydrogen) atoms. The minimum atomic E-state index is -0.452. The Labute approximate surface area is 142 Å². The Morgan fingerprint density at radius 1 is 1.35 bits per heavy atom. The van der Waals surface area contributed by atoms with Gasteiger partial charge in [-0.2, -0.15) is 0 Å². The zero-order valence-electron chi connectivity index (χ0n) is 14.3. The zero-order chi connectivity index (χ0) is 17.0. The van der Waals surface area contributed by atoms with Crippen molar-refractivity contribution in [2.45, 2.75) is 53.1 Å². The van der Waals surface area contributed by atoms with Crippen molar-refractivity contribution in [2.24, 2.45) is 17.8 Å². The van der Waals surface area contributed by atoms with Crippen LogP contribution in [0.25, 0.3) is 0 Å². The molecule has 5 heteroatoms. The van der Waals surface area contributed by atoms with E-state index in [2.05, 4.69) is 20.8 Å². The molecule has 0 aromatic carbocycles. The van der Waals surface area contributed by atoms with Gasteiger partial charge in [0.25, 0.3) is 0 Å². The molecule has 0 radical (unpaired) electrons. The number of hydrogen-bond acceptors (Lipinski definition) is 5. The van der Waals surface area contributed by atoms with Crippen LogP contribution in [0.15, 0.2) is 11.4 Å². The molecule has 0 bridgehead atoms. The molecule has 1 aromatic rings. The number of hydrogen-bond donors (Lipinski definition) is 0. The van der Waals surface area contributed by atoms with E-state index in [1.54, 1.807) is 0 Å². The number of carbonyl (C=O) groups is 2. The summed E-state index contributed by atoms with van der Waals surface area (Å²) < 4.78 is 10.7. The fraction of sp³-hybridized carbons (Fsp3) is 0.667. The first-order chi connectivity index (χ1) is 10.9. The van der Waals surface area contributed by atoms with E-state index in [0.29, 0.717) is 22.6 Å². The van der Waals surface area contributed by atoms with Crippen LogP contribution in [0.2, 0.25) is 0 Å². The average molecular weight is 338 g/mol. The predicted molar refractivity (Wildman–Crippen MR) is 90.6 cm³/mol. The van der Waals surface area contributed by atoms with Gasteiger partial charge >= 0.3 is 11.9 Å². The standard InChI is InChI=1S/C18H26O4S/c1-11(2)14-6-5-12(3)9-15(14)22-16(19)10-21-18(20)17-13(4)7-8-23-17/h7-8,11-12,14-15H,5-6,9-10H2,1-4H3/t12-,14-,15-/m0/s1. The molecule has 4 nitrogen and oxygen atoms in total. The van der Waals surface area contributed by atoms with Crippen LogP contribution in [0, 0.1) is 24.7 Å². The van der Waals surface area contributed by atoms with Gasteiger partial charge < -0.3 is 9.47 Å². The third-order valence-corrected chi connectivity index (χ3v) is 5.61. The fourth-order valence-corrected chi connectivity index (χ4v) is 4.04. The summed E-state index contributed by atoms with van der Waals surface area (Å²) >= 11 is 1.32. The number of esters is 2. The van der Waals surface area contributed by atoms with Gasteiger partial charge in [-0.1, -0.05) is 27.2 Å². The van der Waals surface area contributed by atoms with Gasteiger partial charge in [-0.15, -0.1) is 11.3 Å². The predicted octanol–water partition coefficient (Wildman–Crippen LogP) is 4.22. The molecule has 0 N–H and O–H groups in total. The van der Waals surface area contributed by atoms with Crippen LogP contribution in [0.1, 0.15) is 55.3 Å². The maximum atomic E-state index is 12.0. The van der Waals surface area contributed by atoms with E-state index >= 15 is 0 Å². The number of carbonyl (C=O) groups excluding carboxylic acids is 2. The second-order valence-electron chi connectivity index (χ2n) is 6.86. The van der Waals surface area contributed by atoms with Gasteiger partial charge in [-0.25, -0.2) is 9.59 Å². The molecule has 3 atom stereocenters. The van der Waals surface area contributed by atoms with E-state index in [-0.39, 0.29) is 12.7 Å². The molecule has 0 unspecified atom stereocenters. The molecule has 0 aliphatic heterocycles. The summed E-state index contributed by atoms with van der Waals surface area (Å²) in [4.78, 5) is 24.5. The van der Waals surface area contributed by atoms with Crippen molar-refractivity contribution in [3.05, 3.63) is 21.9 Å². The van der Waals surface area contributed by atoms with Crippen LogP contribution in [0.5, 0.6) is 0 Å². The number of ether oxygens (including phenoxy) is 2. The van der Waals surface area contributed by atoms with Gasteiger partial charge in [0, 0.05) is 0 Å². The highest BCUT2D eigenvalue weighted by molar-refractivity contribution is 7.12. The van der Waals surface area contributed by atoms with Crippen molar-refractivity contribution in [2.75, 3.05) is 6.61 Å². The largest absolute Gasteiger partial charge is 0.460 e.